The molecule has 0 aliphatic heterocycles. The van der Waals surface area contributed by atoms with Crippen molar-refractivity contribution < 1.29 is 9.53 Å². The number of esters is 1. The van der Waals surface area contributed by atoms with Crippen molar-refractivity contribution in [2.75, 3.05) is 19.1 Å². The number of thiophene rings is 1. The smallest absolute Gasteiger partial charge is 0.358 e. The average Bonchev–Trinajstić information content (AvgIpc) is 2.98. The molecule has 0 radical (unpaired) electrons. The van der Waals surface area contributed by atoms with Crippen LogP contribution in [0.3, 0.4) is 0 Å². The largest absolute Gasteiger partial charge is 0.464 e. The fourth-order valence-corrected chi connectivity index (χ4v) is 2.62. The van der Waals surface area contributed by atoms with Crippen LogP contribution in [0.1, 0.15) is 22.3 Å². The van der Waals surface area contributed by atoms with E-state index >= 15 is 0 Å². The number of ether oxygens (including phenoxy) is 1. The Morgan fingerprint density at radius 2 is 2.25 bits per heavy atom. The van der Waals surface area contributed by atoms with E-state index in [1.54, 1.807) is 17.5 Å². The van der Waals surface area contributed by atoms with Gasteiger partial charge in [-0.2, -0.15) is 0 Å². The van der Waals surface area contributed by atoms with Gasteiger partial charge in [0.05, 0.1) is 19.5 Å². The number of hydrogen-bond donors (Lipinski definition) is 0. The lowest BCUT2D eigenvalue weighted by atomic mass is 10.2. The molecule has 2 aromatic heterocycles. The third-order valence-electron chi connectivity index (χ3n) is 3.13. The maximum Gasteiger partial charge on any atom is 0.358 e. The lowest BCUT2D eigenvalue weighted by Gasteiger charge is -2.25. The normalized spacial score (nSPS) is 11.9. The van der Waals surface area contributed by atoms with Crippen molar-refractivity contribution in [3.05, 3.63) is 40.5 Å². The summed E-state index contributed by atoms with van der Waals surface area (Å²) in [6, 6.07) is 4.48. The molecule has 0 aliphatic rings. The summed E-state index contributed by atoms with van der Waals surface area (Å²) in [5.74, 6) is 0.264. The van der Waals surface area contributed by atoms with E-state index in [0.29, 0.717) is 6.04 Å². The van der Waals surface area contributed by atoms with E-state index in [2.05, 4.69) is 39.1 Å². The minimum Gasteiger partial charge on any atom is -0.464 e. The minimum absolute atomic E-state index is 0.218. The van der Waals surface area contributed by atoms with Crippen LogP contribution in [0.25, 0.3) is 0 Å². The molecule has 0 fully saturated rings. The summed E-state index contributed by atoms with van der Waals surface area (Å²) in [4.78, 5) is 23.0. The van der Waals surface area contributed by atoms with Gasteiger partial charge in [-0.05, 0) is 18.4 Å². The molecule has 106 valence electrons. The molecular formula is C14H17N3O2S. The molecule has 1 atom stereocenters. The SMILES string of the molecule is COC(=O)c1cnc(N(C)C(C)Cc2cccs2)cn1. The van der Waals surface area contributed by atoms with Crippen molar-refractivity contribution in [2.45, 2.75) is 19.4 Å². The molecule has 0 aromatic carbocycles. The summed E-state index contributed by atoms with van der Waals surface area (Å²) >= 11 is 1.75. The Kier molecular flexibility index (Phi) is 4.68. The number of anilines is 1. The van der Waals surface area contributed by atoms with E-state index in [1.165, 1.54) is 18.2 Å². The first-order valence-electron chi connectivity index (χ1n) is 6.27. The Labute approximate surface area is 122 Å². The molecule has 0 saturated carbocycles. The van der Waals surface area contributed by atoms with Gasteiger partial charge in [-0.15, -0.1) is 11.3 Å². The predicted molar refractivity (Wildman–Crippen MR) is 79.3 cm³/mol. The summed E-state index contributed by atoms with van der Waals surface area (Å²) < 4.78 is 4.60. The van der Waals surface area contributed by atoms with Crippen LogP contribution in [0.2, 0.25) is 0 Å². The van der Waals surface area contributed by atoms with Crippen LogP contribution in [0, 0.1) is 0 Å². The van der Waals surface area contributed by atoms with Crippen LogP contribution in [-0.4, -0.2) is 36.1 Å². The highest BCUT2D eigenvalue weighted by Gasteiger charge is 2.14. The summed E-state index contributed by atoms with van der Waals surface area (Å²) in [6.45, 7) is 2.13. The van der Waals surface area contributed by atoms with E-state index < -0.39 is 5.97 Å². The van der Waals surface area contributed by atoms with Gasteiger partial charge >= 0.3 is 5.97 Å². The molecule has 0 amide bonds. The van der Waals surface area contributed by atoms with Gasteiger partial charge in [-0.1, -0.05) is 6.07 Å². The van der Waals surface area contributed by atoms with Crippen molar-refractivity contribution in [2.24, 2.45) is 0 Å². The molecule has 0 bridgehead atoms. The second-order valence-corrected chi connectivity index (χ2v) is 5.53. The van der Waals surface area contributed by atoms with Crippen molar-refractivity contribution >= 4 is 23.1 Å². The summed E-state index contributed by atoms with van der Waals surface area (Å²) in [6.07, 6.45) is 3.99. The Bertz CT molecular complexity index is 554. The van der Waals surface area contributed by atoms with E-state index in [0.717, 1.165) is 12.2 Å². The van der Waals surface area contributed by atoms with Gasteiger partial charge in [-0.25, -0.2) is 14.8 Å². The number of hydrogen-bond acceptors (Lipinski definition) is 6. The van der Waals surface area contributed by atoms with Crippen LogP contribution in [0.5, 0.6) is 0 Å². The van der Waals surface area contributed by atoms with Crippen LogP contribution in [0.4, 0.5) is 5.82 Å². The zero-order valence-electron chi connectivity index (χ0n) is 11.7. The lowest BCUT2D eigenvalue weighted by molar-refractivity contribution is 0.0593. The number of rotatable bonds is 5. The highest BCUT2D eigenvalue weighted by Crippen LogP contribution is 2.17. The van der Waals surface area contributed by atoms with Gasteiger partial charge in [-0.3, -0.25) is 0 Å². The number of carbonyl (C=O) groups excluding carboxylic acids is 1. The molecular weight excluding hydrogens is 274 g/mol. The summed E-state index contributed by atoms with van der Waals surface area (Å²) in [5, 5.41) is 2.08. The third kappa shape index (κ3) is 3.33. The first kappa shape index (κ1) is 14.5. The standard InChI is InChI=1S/C14H17N3O2S/c1-10(7-11-5-4-6-20-11)17(2)13-9-15-12(8-16-13)14(18)19-3/h4-6,8-10H,7H2,1-3H3. The fraction of sp³-hybridized carbons (Fsp3) is 0.357. The minimum atomic E-state index is -0.474. The number of nitrogens with zero attached hydrogens (tertiary/aromatic N) is 3. The maximum absolute atomic E-state index is 11.3. The molecule has 0 aliphatic carbocycles. The lowest BCUT2D eigenvalue weighted by Crippen LogP contribution is -2.31. The highest BCUT2D eigenvalue weighted by atomic mass is 32.1. The van der Waals surface area contributed by atoms with Crippen molar-refractivity contribution in [1.29, 1.82) is 0 Å². The molecule has 20 heavy (non-hydrogen) atoms. The van der Waals surface area contributed by atoms with Crippen LogP contribution >= 0.6 is 11.3 Å². The molecule has 2 aromatic rings. The predicted octanol–water partition coefficient (Wildman–Crippen LogP) is 2.39. The molecule has 0 saturated heterocycles. The number of carbonyl (C=O) groups is 1. The van der Waals surface area contributed by atoms with E-state index in [4.69, 9.17) is 0 Å². The third-order valence-corrected chi connectivity index (χ3v) is 4.03. The Hall–Kier alpha value is -1.95. The molecule has 2 heterocycles. The molecule has 2 rings (SSSR count). The second-order valence-electron chi connectivity index (χ2n) is 4.49. The fourth-order valence-electron chi connectivity index (χ4n) is 1.80. The van der Waals surface area contributed by atoms with Crippen LogP contribution in [-0.2, 0) is 11.2 Å². The molecule has 0 N–H and O–H groups in total. The summed E-state index contributed by atoms with van der Waals surface area (Å²) in [5.41, 5.74) is 0.218. The van der Waals surface area contributed by atoms with E-state index in [-0.39, 0.29) is 5.69 Å². The molecule has 0 spiro atoms. The average molecular weight is 291 g/mol. The van der Waals surface area contributed by atoms with Gasteiger partial charge in [0, 0.05) is 24.4 Å². The van der Waals surface area contributed by atoms with Crippen molar-refractivity contribution in [3.63, 3.8) is 0 Å². The quantitative estimate of drug-likeness (QED) is 0.792. The van der Waals surface area contributed by atoms with Crippen LogP contribution in [0.15, 0.2) is 29.9 Å². The second kappa shape index (κ2) is 6.47. The number of likely N-dealkylation sites (N-methyl/N-ethyl adjacent to an activating group) is 1. The maximum atomic E-state index is 11.3. The van der Waals surface area contributed by atoms with E-state index in [1.807, 2.05) is 11.9 Å². The Morgan fingerprint density at radius 1 is 1.45 bits per heavy atom. The van der Waals surface area contributed by atoms with E-state index in [9.17, 15) is 4.79 Å². The van der Waals surface area contributed by atoms with Gasteiger partial charge in [0.1, 0.15) is 5.82 Å². The van der Waals surface area contributed by atoms with Crippen molar-refractivity contribution in [1.82, 2.24) is 9.97 Å². The highest BCUT2D eigenvalue weighted by molar-refractivity contribution is 7.09. The van der Waals surface area contributed by atoms with Crippen LogP contribution < -0.4 is 4.90 Å². The Balaban J connectivity index is 2.04. The Morgan fingerprint density at radius 3 is 2.80 bits per heavy atom. The van der Waals surface area contributed by atoms with Gasteiger partial charge in [0.2, 0.25) is 0 Å². The van der Waals surface area contributed by atoms with Gasteiger partial charge in [0.15, 0.2) is 5.69 Å². The topological polar surface area (TPSA) is 55.3 Å². The number of aromatic nitrogens is 2. The van der Waals surface area contributed by atoms with Crippen molar-refractivity contribution in [3.8, 4) is 0 Å². The monoisotopic (exact) mass is 291 g/mol. The van der Waals surface area contributed by atoms with Gasteiger partial charge < -0.3 is 9.64 Å². The summed E-state index contributed by atoms with van der Waals surface area (Å²) in [7, 11) is 3.30. The molecule has 6 heteroatoms. The van der Waals surface area contributed by atoms with Gasteiger partial charge in [0.25, 0.3) is 0 Å². The first-order valence-corrected chi connectivity index (χ1v) is 7.15. The number of methoxy groups -OCH3 is 1. The first-order chi connectivity index (χ1) is 9.61. The zero-order valence-corrected chi connectivity index (χ0v) is 12.6. The molecule has 1 unspecified atom stereocenters. The zero-order chi connectivity index (χ0) is 14.5. The molecule has 5 nitrogen and oxygen atoms in total.